The van der Waals surface area contributed by atoms with E-state index in [2.05, 4.69) is 4.74 Å². The lowest BCUT2D eigenvalue weighted by atomic mass is 10.1. The van der Waals surface area contributed by atoms with Crippen LogP contribution in [0.3, 0.4) is 0 Å². The second-order valence-corrected chi connectivity index (χ2v) is 7.25. The molecular formula is C20H23N5O4. The fraction of sp³-hybridized carbons (Fsp3) is 0.400. The zero-order valence-electron chi connectivity index (χ0n) is 16.6. The van der Waals surface area contributed by atoms with Crippen LogP contribution < -0.4 is 0 Å². The monoisotopic (exact) mass is 397 g/mol. The number of esters is 1. The van der Waals surface area contributed by atoms with E-state index in [1.54, 1.807) is 7.05 Å². The first-order valence-electron chi connectivity index (χ1n) is 9.43. The number of hydrogen-bond acceptors (Lipinski definition) is 7. The number of allylic oxidation sites excluding steroid dienone is 1. The molecule has 2 unspecified atom stereocenters. The highest BCUT2D eigenvalue weighted by molar-refractivity contribution is 6.05. The molecule has 0 bridgehead atoms. The summed E-state index contributed by atoms with van der Waals surface area (Å²) >= 11 is 0. The highest BCUT2D eigenvalue weighted by Gasteiger charge is 2.54. The molecule has 0 spiro atoms. The number of amides is 3. The maximum absolute atomic E-state index is 13.1. The van der Waals surface area contributed by atoms with Crippen LogP contribution in [0.2, 0.25) is 0 Å². The van der Waals surface area contributed by atoms with E-state index in [0.29, 0.717) is 12.5 Å². The summed E-state index contributed by atoms with van der Waals surface area (Å²) in [6, 6.07) is 8.90. The first-order valence-corrected chi connectivity index (χ1v) is 9.43. The molecule has 1 aromatic rings. The number of nitrogens with zero attached hydrogens (tertiary/aromatic N) is 5. The average molecular weight is 397 g/mol. The average Bonchev–Trinajstić information content (AvgIpc) is 3.23. The summed E-state index contributed by atoms with van der Waals surface area (Å²) in [6.45, 7) is 2.57. The summed E-state index contributed by atoms with van der Waals surface area (Å²) in [5, 5.41) is 0. The number of rotatable bonds is 5. The SMILES string of the molecule is COC(=O)CCN1C(=O)C2C(N=C3N(Cc4ccccc4)C(C)=CN32)N(C)C1=O. The van der Waals surface area contributed by atoms with Crippen molar-refractivity contribution in [1.29, 1.82) is 0 Å². The molecule has 4 rings (SSSR count). The maximum atomic E-state index is 13.1. The molecule has 29 heavy (non-hydrogen) atoms. The molecule has 0 saturated carbocycles. The number of likely N-dealkylation sites (N-methyl/N-ethyl adjacent to an activating group) is 1. The Morgan fingerprint density at radius 2 is 1.90 bits per heavy atom. The Labute approximate surface area is 168 Å². The van der Waals surface area contributed by atoms with Crippen LogP contribution in [0.4, 0.5) is 4.79 Å². The smallest absolute Gasteiger partial charge is 0.328 e. The number of carbonyl (C=O) groups is 3. The summed E-state index contributed by atoms with van der Waals surface area (Å²) in [5.41, 5.74) is 2.09. The first kappa shape index (κ1) is 19.0. The highest BCUT2D eigenvalue weighted by Crippen LogP contribution is 2.34. The van der Waals surface area contributed by atoms with Gasteiger partial charge in [-0.15, -0.1) is 0 Å². The van der Waals surface area contributed by atoms with Crippen LogP contribution in [-0.2, 0) is 20.9 Å². The molecule has 9 heteroatoms. The van der Waals surface area contributed by atoms with Crippen LogP contribution in [0.25, 0.3) is 0 Å². The molecule has 1 aromatic carbocycles. The van der Waals surface area contributed by atoms with Crippen LogP contribution in [0.15, 0.2) is 47.2 Å². The summed E-state index contributed by atoms with van der Waals surface area (Å²) in [7, 11) is 2.91. The van der Waals surface area contributed by atoms with Crippen molar-refractivity contribution >= 4 is 23.9 Å². The van der Waals surface area contributed by atoms with Gasteiger partial charge in [0.2, 0.25) is 5.96 Å². The molecule has 0 aromatic heterocycles. The minimum absolute atomic E-state index is 0.0164. The molecule has 3 amide bonds. The van der Waals surface area contributed by atoms with Crippen molar-refractivity contribution in [3.63, 3.8) is 0 Å². The largest absolute Gasteiger partial charge is 0.469 e. The molecule has 3 aliphatic rings. The second kappa shape index (κ2) is 7.23. The molecule has 0 radical (unpaired) electrons. The number of benzene rings is 1. The summed E-state index contributed by atoms with van der Waals surface area (Å²) in [4.78, 5) is 48.5. The predicted molar refractivity (Wildman–Crippen MR) is 104 cm³/mol. The van der Waals surface area contributed by atoms with Crippen molar-refractivity contribution in [3.05, 3.63) is 47.8 Å². The van der Waals surface area contributed by atoms with Gasteiger partial charge in [-0.05, 0) is 12.5 Å². The Morgan fingerprint density at radius 3 is 2.59 bits per heavy atom. The molecule has 1 saturated heterocycles. The number of imide groups is 1. The van der Waals surface area contributed by atoms with Gasteiger partial charge >= 0.3 is 12.0 Å². The third-order valence-electron chi connectivity index (χ3n) is 5.45. The number of carbonyl (C=O) groups excluding carboxylic acids is 3. The number of guanidine groups is 1. The van der Waals surface area contributed by atoms with E-state index in [9.17, 15) is 14.4 Å². The van der Waals surface area contributed by atoms with Crippen molar-refractivity contribution in [2.75, 3.05) is 20.7 Å². The van der Waals surface area contributed by atoms with Gasteiger partial charge in [-0.3, -0.25) is 14.5 Å². The minimum atomic E-state index is -0.638. The molecule has 1 fully saturated rings. The fourth-order valence-corrected chi connectivity index (χ4v) is 3.87. The molecule has 152 valence electrons. The Kier molecular flexibility index (Phi) is 4.73. The van der Waals surface area contributed by atoms with E-state index in [4.69, 9.17) is 4.99 Å². The van der Waals surface area contributed by atoms with Gasteiger partial charge in [-0.1, -0.05) is 30.3 Å². The second-order valence-electron chi connectivity index (χ2n) is 7.25. The van der Waals surface area contributed by atoms with Gasteiger partial charge in [0.25, 0.3) is 5.91 Å². The lowest BCUT2D eigenvalue weighted by Crippen LogP contribution is -2.64. The van der Waals surface area contributed by atoms with Crippen molar-refractivity contribution < 1.29 is 19.1 Å². The lowest BCUT2D eigenvalue weighted by Gasteiger charge is -2.40. The van der Waals surface area contributed by atoms with E-state index in [1.165, 1.54) is 12.0 Å². The normalized spacial score (nSPS) is 23.1. The standard InChI is InChI=1S/C20H23N5O4/c1-13-11-25-16-17(21-19(25)24(13)12-14-7-5-4-6-8-14)22(2)20(28)23(18(16)27)10-9-15(26)29-3/h4-8,11,16-17H,9-10,12H2,1-3H3. The summed E-state index contributed by atoms with van der Waals surface area (Å²) < 4.78 is 4.63. The topological polar surface area (TPSA) is 85.8 Å². The Bertz CT molecular complexity index is 913. The summed E-state index contributed by atoms with van der Waals surface area (Å²) in [5.74, 6) is -0.166. The minimum Gasteiger partial charge on any atom is -0.469 e. The molecule has 0 aliphatic carbocycles. The molecule has 3 aliphatic heterocycles. The van der Waals surface area contributed by atoms with E-state index >= 15 is 0 Å². The molecule has 9 nitrogen and oxygen atoms in total. The van der Waals surface area contributed by atoms with E-state index < -0.39 is 24.2 Å². The van der Waals surface area contributed by atoms with Gasteiger partial charge in [0.1, 0.15) is 0 Å². The number of ether oxygens (including phenoxy) is 1. The maximum Gasteiger partial charge on any atom is 0.328 e. The summed E-state index contributed by atoms with van der Waals surface area (Å²) in [6.07, 6.45) is 1.26. The third kappa shape index (κ3) is 3.12. The number of methoxy groups -OCH3 is 1. The van der Waals surface area contributed by atoms with Crippen molar-refractivity contribution in [2.45, 2.75) is 32.1 Å². The Hall–Kier alpha value is -3.36. The molecular weight excluding hydrogens is 374 g/mol. The fourth-order valence-electron chi connectivity index (χ4n) is 3.87. The van der Waals surface area contributed by atoms with Crippen LogP contribution in [0.5, 0.6) is 0 Å². The van der Waals surface area contributed by atoms with Gasteiger partial charge < -0.3 is 19.4 Å². The molecule has 0 N–H and O–H groups in total. The zero-order valence-corrected chi connectivity index (χ0v) is 16.6. The van der Waals surface area contributed by atoms with Crippen molar-refractivity contribution in [3.8, 4) is 0 Å². The number of fused-ring (bicyclic) bond motifs is 3. The van der Waals surface area contributed by atoms with Gasteiger partial charge in [0, 0.05) is 25.5 Å². The van der Waals surface area contributed by atoms with E-state index in [0.717, 1.165) is 16.2 Å². The predicted octanol–water partition coefficient (Wildman–Crippen LogP) is 1.19. The van der Waals surface area contributed by atoms with Crippen molar-refractivity contribution in [2.24, 2.45) is 4.99 Å². The van der Waals surface area contributed by atoms with Gasteiger partial charge in [-0.2, -0.15) is 0 Å². The van der Waals surface area contributed by atoms with Gasteiger partial charge in [-0.25, -0.2) is 9.79 Å². The third-order valence-corrected chi connectivity index (χ3v) is 5.45. The number of urea groups is 1. The number of aliphatic imine (C=N–C) groups is 1. The van der Waals surface area contributed by atoms with E-state index in [1.807, 2.05) is 53.3 Å². The lowest BCUT2D eigenvalue weighted by molar-refractivity contribution is -0.142. The van der Waals surface area contributed by atoms with Crippen LogP contribution in [0.1, 0.15) is 18.9 Å². The van der Waals surface area contributed by atoms with Gasteiger partial charge in [0.15, 0.2) is 12.2 Å². The highest BCUT2D eigenvalue weighted by atomic mass is 16.5. The molecule has 3 heterocycles. The van der Waals surface area contributed by atoms with Crippen LogP contribution in [0, 0.1) is 0 Å². The van der Waals surface area contributed by atoms with E-state index in [-0.39, 0.29) is 18.9 Å². The van der Waals surface area contributed by atoms with Crippen LogP contribution >= 0.6 is 0 Å². The van der Waals surface area contributed by atoms with Crippen LogP contribution in [-0.4, -0.2) is 76.4 Å². The van der Waals surface area contributed by atoms with Gasteiger partial charge in [0.05, 0.1) is 20.1 Å². The van der Waals surface area contributed by atoms with Crippen molar-refractivity contribution in [1.82, 2.24) is 19.6 Å². The molecule has 2 atom stereocenters. The number of hydrogen-bond donors (Lipinski definition) is 0. The first-order chi connectivity index (χ1) is 13.9. The Balaban J connectivity index is 1.58. The zero-order chi connectivity index (χ0) is 20.7. The quantitative estimate of drug-likeness (QED) is 0.694. The Morgan fingerprint density at radius 1 is 1.17 bits per heavy atom.